The molecule has 12 aromatic rings. The normalized spacial score (nSPS) is 11.8. The molecule has 8 heteroatoms. The van der Waals surface area contributed by atoms with Gasteiger partial charge in [-0.25, -0.2) is 18.3 Å². The van der Waals surface area contributed by atoms with Gasteiger partial charge in [0.1, 0.15) is 28.2 Å². The number of hydrogen-bond acceptors (Lipinski definition) is 4. The highest BCUT2D eigenvalue weighted by atomic mass is 14.9. The van der Waals surface area contributed by atoms with Gasteiger partial charge in [-0.2, -0.15) is 0 Å². The summed E-state index contributed by atoms with van der Waals surface area (Å²) in [4.78, 5) is 17.6. The zero-order chi connectivity index (χ0) is 59.1. The van der Waals surface area contributed by atoms with Crippen molar-refractivity contribution in [3.63, 3.8) is 0 Å². The third-order valence-electron chi connectivity index (χ3n) is 16.0. The number of aryl methyl sites for hydroxylation is 8. The second kappa shape index (κ2) is 27.9. The molecular formula is C77H76N8+4. The summed E-state index contributed by atoms with van der Waals surface area (Å²) in [6, 6.07) is 71.8. The van der Waals surface area contributed by atoms with Crippen molar-refractivity contribution in [2.24, 2.45) is 28.2 Å². The molecule has 4 aromatic carbocycles. The van der Waals surface area contributed by atoms with Crippen molar-refractivity contribution in [1.82, 2.24) is 19.9 Å². The molecule has 0 radical (unpaired) electrons. The maximum atomic E-state index is 4.97. The molecule has 8 nitrogen and oxygen atoms in total. The Morgan fingerprint density at radius 1 is 0.318 bits per heavy atom. The first-order valence-electron chi connectivity index (χ1n) is 29.4. The van der Waals surface area contributed by atoms with Crippen molar-refractivity contribution in [1.29, 1.82) is 0 Å². The molecule has 13 rings (SSSR count). The van der Waals surface area contributed by atoms with Gasteiger partial charge in [0.05, 0.1) is 22.5 Å². The number of hydrogen-bond donors (Lipinski definition) is 0. The standard InChI is InChI=1S/C23H25N2.3C18H17N2/c1-17-8-3-6-11-20(17)23-15-14-19(16-25(23)2)22-13-7-12-21(24-22)18-9-4-5-10-18;1-14-7-3-4-8-16(14)18-11-10-15(13-20(18)2)17-9-5-6-12-19-17;1-14-6-3-4-8-17(14)18-10-9-16(13-20(18)2)15-7-5-11-19-12-15;1-14-5-3-4-6-17(14)18-8-7-16(13-20(18)2)15-9-11-19-12-10-15/h3,6-8,11-16,18H,4-5,9-10H2,1-2H3;3*3-13H,1-2H3/q4*+1. The molecule has 0 N–H and O–H groups in total. The SMILES string of the molecule is Cc1ccccc1-c1ccc(-c2cccc(C3CCCC3)n2)c[n+]1C.Cc1ccccc1-c1ccc(-c2ccccn2)c[n+]1C.Cc1ccccc1-c1ccc(-c2cccnc2)c[n+]1C.Cc1ccccc1-c1ccc(-c2ccncc2)c[n+]1C. The Kier molecular flexibility index (Phi) is 19.1. The number of benzene rings is 4. The summed E-state index contributed by atoms with van der Waals surface area (Å²) < 4.78 is 8.72. The summed E-state index contributed by atoms with van der Waals surface area (Å²) in [6.07, 6.45) is 23.1. The maximum Gasteiger partial charge on any atom is 0.212 e. The Morgan fingerprint density at radius 3 is 1.15 bits per heavy atom. The minimum absolute atomic E-state index is 0.653. The van der Waals surface area contributed by atoms with Gasteiger partial charge in [0, 0.05) is 106 Å². The van der Waals surface area contributed by atoms with Gasteiger partial charge in [0.15, 0.2) is 24.8 Å². The van der Waals surface area contributed by atoms with Gasteiger partial charge >= 0.3 is 0 Å². The lowest BCUT2D eigenvalue weighted by atomic mass is 10.0. The van der Waals surface area contributed by atoms with Gasteiger partial charge in [-0.3, -0.25) is 19.9 Å². The van der Waals surface area contributed by atoms with Crippen LogP contribution in [0.2, 0.25) is 0 Å². The third kappa shape index (κ3) is 14.5. The first-order chi connectivity index (χ1) is 41.5. The Labute approximate surface area is 502 Å². The Bertz CT molecular complexity index is 3860. The minimum atomic E-state index is 0.653. The predicted octanol–water partition coefficient (Wildman–Crippen LogP) is 15.9. The Balaban J connectivity index is 0.000000127. The molecule has 1 fully saturated rings. The third-order valence-corrected chi connectivity index (χ3v) is 16.0. The molecule has 420 valence electrons. The van der Waals surface area contributed by atoms with Crippen LogP contribution in [0.4, 0.5) is 0 Å². The molecule has 1 aliphatic rings. The smallest absolute Gasteiger partial charge is 0.212 e. The summed E-state index contributed by atoms with van der Waals surface area (Å²) in [5.74, 6) is 0.653. The molecule has 0 unspecified atom stereocenters. The molecule has 1 saturated carbocycles. The Morgan fingerprint density at radius 2 is 0.729 bits per heavy atom. The molecule has 0 aliphatic heterocycles. The molecule has 8 aromatic heterocycles. The zero-order valence-corrected chi connectivity index (χ0v) is 50.3. The van der Waals surface area contributed by atoms with Gasteiger partial charge in [-0.1, -0.05) is 104 Å². The van der Waals surface area contributed by atoms with E-state index in [4.69, 9.17) is 4.98 Å². The highest BCUT2D eigenvalue weighted by molar-refractivity contribution is 5.69. The van der Waals surface area contributed by atoms with E-state index in [2.05, 4.69) is 284 Å². The van der Waals surface area contributed by atoms with Crippen molar-refractivity contribution in [3.8, 4) is 89.8 Å². The van der Waals surface area contributed by atoms with E-state index in [1.54, 1.807) is 6.20 Å². The van der Waals surface area contributed by atoms with Crippen molar-refractivity contribution in [2.75, 3.05) is 0 Å². The molecular weight excluding hydrogens is 1040 g/mol. The summed E-state index contributed by atoms with van der Waals surface area (Å²) in [6.45, 7) is 8.59. The number of rotatable bonds is 9. The lowest BCUT2D eigenvalue weighted by Gasteiger charge is -2.10. The van der Waals surface area contributed by atoms with Crippen LogP contribution >= 0.6 is 0 Å². The summed E-state index contributed by atoms with van der Waals surface area (Å²) in [5, 5.41) is 0. The predicted molar refractivity (Wildman–Crippen MR) is 345 cm³/mol. The fraction of sp³-hybridized carbons (Fsp3) is 0.169. The second-order valence-corrected chi connectivity index (χ2v) is 22.0. The molecule has 0 atom stereocenters. The van der Waals surface area contributed by atoms with E-state index < -0.39 is 0 Å². The minimum Gasteiger partial charge on any atom is -0.265 e. The second-order valence-electron chi connectivity index (χ2n) is 22.0. The van der Waals surface area contributed by atoms with E-state index in [-0.39, 0.29) is 0 Å². The van der Waals surface area contributed by atoms with E-state index in [1.807, 2.05) is 61.2 Å². The molecule has 1 aliphatic carbocycles. The molecule has 0 saturated heterocycles. The number of aromatic nitrogens is 8. The molecule has 0 spiro atoms. The molecule has 0 amide bonds. The molecule has 0 bridgehead atoms. The van der Waals surface area contributed by atoms with Gasteiger partial charge in [-0.15, -0.1) is 0 Å². The van der Waals surface area contributed by atoms with Crippen molar-refractivity contribution >= 4 is 0 Å². The van der Waals surface area contributed by atoms with Gasteiger partial charge in [0.25, 0.3) is 0 Å². The molecule has 85 heavy (non-hydrogen) atoms. The lowest BCUT2D eigenvalue weighted by molar-refractivity contribution is -0.660. The highest BCUT2D eigenvalue weighted by Crippen LogP contribution is 2.34. The van der Waals surface area contributed by atoms with E-state index in [9.17, 15) is 0 Å². The summed E-state index contributed by atoms with van der Waals surface area (Å²) in [7, 11) is 8.37. The van der Waals surface area contributed by atoms with Crippen LogP contribution in [0.25, 0.3) is 89.8 Å². The topological polar surface area (TPSA) is 67.1 Å². The van der Waals surface area contributed by atoms with E-state index in [0.717, 1.165) is 22.5 Å². The highest BCUT2D eigenvalue weighted by Gasteiger charge is 2.21. The van der Waals surface area contributed by atoms with Crippen molar-refractivity contribution in [2.45, 2.75) is 59.3 Å². The fourth-order valence-corrected chi connectivity index (χ4v) is 11.3. The van der Waals surface area contributed by atoms with Crippen LogP contribution in [0.1, 0.15) is 59.5 Å². The maximum absolute atomic E-state index is 4.97. The van der Waals surface area contributed by atoms with Crippen molar-refractivity contribution in [3.05, 3.63) is 290 Å². The summed E-state index contributed by atoms with van der Waals surface area (Å²) in [5.41, 5.74) is 25.5. The van der Waals surface area contributed by atoms with Gasteiger partial charge in [0.2, 0.25) is 22.8 Å². The first kappa shape index (κ1) is 58.3. The number of nitrogens with zero attached hydrogens (tertiary/aromatic N) is 8. The van der Waals surface area contributed by atoms with Crippen LogP contribution < -0.4 is 18.3 Å². The largest absolute Gasteiger partial charge is 0.265 e. The van der Waals surface area contributed by atoms with Gasteiger partial charge in [-0.05, 0) is 159 Å². The van der Waals surface area contributed by atoms with Crippen LogP contribution in [0, 0.1) is 27.7 Å². The Hall–Kier alpha value is -9.92. The van der Waals surface area contributed by atoms with Crippen molar-refractivity contribution < 1.29 is 18.3 Å². The van der Waals surface area contributed by atoms with Crippen LogP contribution in [0.5, 0.6) is 0 Å². The van der Waals surface area contributed by atoms with E-state index in [1.165, 1.54) is 121 Å². The zero-order valence-electron chi connectivity index (χ0n) is 50.3. The average molecular weight is 1110 g/mol. The average Bonchev–Trinajstić information content (AvgIpc) is 3.96. The summed E-state index contributed by atoms with van der Waals surface area (Å²) >= 11 is 0. The van der Waals surface area contributed by atoms with E-state index >= 15 is 0 Å². The van der Waals surface area contributed by atoms with Crippen LogP contribution in [0.15, 0.2) is 262 Å². The van der Waals surface area contributed by atoms with Crippen LogP contribution in [-0.4, -0.2) is 19.9 Å². The first-order valence-corrected chi connectivity index (χ1v) is 29.4. The number of pyridine rings is 8. The van der Waals surface area contributed by atoms with E-state index in [0.29, 0.717) is 5.92 Å². The van der Waals surface area contributed by atoms with Crippen LogP contribution in [0.3, 0.4) is 0 Å². The monoisotopic (exact) mass is 1110 g/mol. The fourth-order valence-electron chi connectivity index (χ4n) is 11.3. The van der Waals surface area contributed by atoms with Crippen LogP contribution in [-0.2, 0) is 28.2 Å². The quantitative estimate of drug-likeness (QED) is 0.135. The lowest BCUT2D eigenvalue weighted by Crippen LogP contribution is -2.30. The van der Waals surface area contributed by atoms with Gasteiger partial charge < -0.3 is 0 Å². The molecule has 8 heterocycles.